The molecule has 1 aromatic heterocycles. The minimum absolute atomic E-state index is 0.0359. The van der Waals surface area contributed by atoms with E-state index in [0.29, 0.717) is 16.5 Å². The third-order valence-electron chi connectivity index (χ3n) is 3.92. The lowest BCUT2D eigenvalue weighted by Gasteiger charge is -2.18. The van der Waals surface area contributed by atoms with Crippen LogP contribution in [0.2, 0.25) is 10.0 Å². The van der Waals surface area contributed by atoms with Crippen molar-refractivity contribution >= 4 is 52.5 Å². The molecule has 8 nitrogen and oxygen atoms in total. The van der Waals surface area contributed by atoms with E-state index in [9.17, 15) is 14.4 Å². The maximum atomic E-state index is 12.3. The van der Waals surface area contributed by atoms with Crippen molar-refractivity contribution in [1.82, 2.24) is 5.16 Å². The second-order valence-electron chi connectivity index (χ2n) is 5.96. The normalized spacial score (nSPS) is 16.5. The van der Waals surface area contributed by atoms with E-state index in [4.69, 9.17) is 32.5 Å². The maximum absolute atomic E-state index is 12.3. The van der Waals surface area contributed by atoms with E-state index in [1.807, 2.05) is 0 Å². The molecule has 2 heterocycles. The van der Waals surface area contributed by atoms with Crippen molar-refractivity contribution in [3.8, 4) is 0 Å². The van der Waals surface area contributed by atoms with Crippen molar-refractivity contribution in [1.29, 1.82) is 0 Å². The Morgan fingerprint density at radius 1 is 1.41 bits per heavy atom. The first kappa shape index (κ1) is 19.2. The lowest BCUT2D eigenvalue weighted by Crippen LogP contribution is -2.28. The van der Waals surface area contributed by atoms with Gasteiger partial charge in [-0.2, -0.15) is 0 Å². The number of hydrogen-bond acceptors (Lipinski definition) is 6. The number of hydrogen-bond donors (Lipinski definition) is 1. The number of nitrogens with one attached hydrogen (secondary N) is 1. The zero-order valence-corrected chi connectivity index (χ0v) is 15.7. The van der Waals surface area contributed by atoms with Gasteiger partial charge in [0.2, 0.25) is 5.91 Å². The molecule has 27 heavy (non-hydrogen) atoms. The summed E-state index contributed by atoms with van der Waals surface area (Å²) in [5.41, 5.74) is 0.434. The maximum Gasteiger partial charge on any atom is 0.311 e. The van der Waals surface area contributed by atoms with Crippen molar-refractivity contribution in [3.63, 3.8) is 0 Å². The van der Waals surface area contributed by atoms with E-state index >= 15 is 0 Å². The fraction of sp³-hybridized carbons (Fsp3) is 0.294. The Kier molecular flexibility index (Phi) is 5.67. The molecule has 10 heteroatoms. The Hall–Kier alpha value is -2.58. The molecule has 142 valence electrons. The number of aryl methyl sites for hydroxylation is 1. The van der Waals surface area contributed by atoms with Crippen molar-refractivity contribution in [2.45, 2.75) is 13.3 Å². The van der Waals surface area contributed by atoms with Crippen LogP contribution in [-0.2, 0) is 19.1 Å². The third kappa shape index (κ3) is 4.40. The number of esters is 1. The monoisotopic (exact) mass is 411 g/mol. The van der Waals surface area contributed by atoms with Crippen LogP contribution in [0.1, 0.15) is 12.2 Å². The number of amides is 2. The van der Waals surface area contributed by atoms with Gasteiger partial charge in [-0.1, -0.05) is 34.4 Å². The molecule has 1 atom stereocenters. The number of anilines is 2. The topological polar surface area (TPSA) is 102 Å². The zero-order chi connectivity index (χ0) is 19.6. The number of aromatic nitrogens is 1. The molecule has 1 aromatic carbocycles. The molecule has 2 amide bonds. The highest BCUT2D eigenvalue weighted by Crippen LogP contribution is 2.35. The van der Waals surface area contributed by atoms with Crippen molar-refractivity contribution in [3.05, 3.63) is 40.1 Å². The summed E-state index contributed by atoms with van der Waals surface area (Å²) in [5.74, 6) is -1.41. The van der Waals surface area contributed by atoms with E-state index in [2.05, 4.69) is 10.5 Å². The average Bonchev–Trinajstić information content (AvgIpc) is 3.21. The Balaban J connectivity index is 1.56. The number of rotatable bonds is 5. The molecule has 2 aromatic rings. The molecule has 1 aliphatic heterocycles. The molecule has 1 N–H and O–H groups in total. The molecule has 1 fully saturated rings. The summed E-state index contributed by atoms with van der Waals surface area (Å²) in [4.78, 5) is 37.6. The van der Waals surface area contributed by atoms with Crippen molar-refractivity contribution in [2.75, 3.05) is 23.4 Å². The van der Waals surface area contributed by atoms with Gasteiger partial charge in [0.25, 0.3) is 5.91 Å². The van der Waals surface area contributed by atoms with Crippen LogP contribution < -0.4 is 10.2 Å². The van der Waals surface area contributed by atoms with E-state index < -0.39 is 24.4 Å². The van der Waals surface area contributed by atoms with E-state index in [0.717, 1.165) is 0 Å². The second kappa shape index (κ2) is 7.98. The van der Waals surface area contributed by atoms with Gasteiger partial charge in [0.1, 0.15) is 5.76 Å². The Bertz CT molecular complexity index is 898. The van der Waals surface area contributed by atoms with Crippen LogP contribution in [0.25, 0.3) is 0 Å². The number of nitrogens with zero attached hydrogens (tertiary/aromatic N) is 2. The highest BCUT2D eigenvalue weighted by molar-refractivity contribution is 6.44. The van der Waals surface area contributed by atoms with Crippen molar-refractivity contribution in [2.24, 2.45) is 5.92 Å². The van der Waals surface area contributed by atoms with E-state index in [1.54, 1.807) is 25.1 Å². The van der Waals surface area contributed by atoms with Crippen LogP contribution in [-0.4, -0.2) is 36.1 Å². The molecular weight excluding hydrogens is 397 g/mol. The van der Waals surface area contributed by atoms with Gasteiger partial charge in [-0.15, -0.1) is 0 Å². The highest BCUT2D eigenvalue weighted by Gasteiger charge is 2.37. The van der Waals surface area contributed by atoms with Gasteiger partial charge in [0, 0.05) is 19.0 Å². The third-order valence-corrected chi connectivity index (χ3v) is 4.73. The summed E-state index contributed by atoms with van der Waals surface area (Å²) in [6.07, 6.45) is -0.0359. The van der Waals surface area contributed by atoms with E-state index in [1.165, 1.54) is 11.0 Å². The molecule has 0 aliphatic carbocycles. The predicted octanol–water partition coefficient (Wildman–Crippen LogP) is 2.82. The van der Waals surface area contributed by atoms with Gasteiger partial charge >= 0.3 is 5.97 Å². The van der Waals surface area contributed by atoms with Crippen LogP contribution in [0.15, 0.2) is 28.8 Å². The van der Waals surface area contributed by atoms with Gasteiger partial charge in [-0.3, -0.25) is 14.4 Å². The molecular formula is C17H15Cl2N3O5. The summed E-state index contributed by atoms with van der Waals surface area (Å²) >= 11 is 12.1. The molecule has 0 bridgehead atoms. The number of carbonyl (C=O) groups is 3. The van der Waals surface area contributed by atoms with Crippen LogP contribution in [0.5, 0.6) is 0 Å². The summed E-state index contributed by atoms with van der Waals surface area (Å²) < 4.78 is 9.83. The minimum Gasteiger partial charge on any atom is -0.455 e. The smallest absolute Gasteiger partial charge is 0.311 e. The highest BCUT2D eigenvalue weighted by atomic mass is 35.5. The van der Waals surface area contributed by atoms with Crippen LogP contribution >= 0.6 is 23.2 Å². The number of ether oxygens (including phenoxy) is 1. The SMILES string of the molecule is Cc1cc(NC(=O)COC(=O)[C@H]2CC(=O)N(c3cccc(Cl)c3Cl)C2)no1. The summed E-state index contributed by atoms with van der Waals surface area (Å²) in [6.45, 7) is 1.28. The van der Waals surface area contributed by atoms with Crippen molar-refractivity contribution < 1.29 is 23.6 Å². The second-order valence-corrected chi connectivity index (χ2v) is 6.74. The quantitative estimate of drug-likeness (QED) is 0.758. The molecule has 1 aliphatic rings. The fourth-order valence-corrected chi connectivity index (χ4v) is 3.06. The fourth-order valence-electron chi connectivity index (χ4n) is 2.66. The standard InChI is InChI=1S/C17H15Cl2N3O5/c1-9-5-13(21-27-9)20-14(23)8-26-17(25)10-6-15(24)22(7-10)12-4-2-3-11(18)16(12)19/h2-5,10H,6-8H2,1H3,(H,20,21,23)/t10-/m0/s1. The number of halogens is 2. The predicted molar refractivity (Wildman–Crippen MR) is 97.8 cm³/mol. The lowest BCUT2D eigenvalue weighted by molar-refractivity contribution is -0.151. The zero-order valence-electron chi connectivity index (χ0n) is 14.2. The minimum atomic E-state index is -0.699. The van der Waals surface area contributed by atoms with Gasteiger partial charge in [-0.05, 0) is 19.1 Å². The van der Waals surface area contributed by atoms with Crippen LogP contribution in [0.3, 0.4) is 0 Å². The Morgan fingerprint density at radius 3 is 2.89 bits per heavy atom. The lowest BCUT2D eigenvalue weighted by atomic mass is 10.1. The number of carbonyl (C=O) groups excluding carboxylic acids is 3. The molecule has 0 spiro atoms. The molecule has 0 unspecified atom stereocenters. The molecule has 0 radical (unpaired) electrons. The van der Waals surface area contributed by atoms with Gasteiger partial charge < -0.3 is 19.5 Å². The largest absolute Gasteiger partial charge is 0.455 e. The summed E-state index contributed by atoms with van der Waals surface area (Å²) in [5, 5.41) is 6.59. The molecule has 0 saturated carbocycles. The van der Waals surface area contributed by atoms with Crippen LogP contribution in [0, 0.1) is 12.8 Å². The first-order chi connectivity index (χ1) is 12.8. The Labute approximate surface area is 164 Å². The summed E-state index contributed by atoms with van der Waals surface area (Å²) in [6, 6.07) is 6.45. The Morgan fingerprint density at radius 2 is 2.19 bits per heavy atom. The van der Waals surface area contributed by atoms with E-state index in [-0.39, 0.29) is 29.7 Å². The first-order valence-corrected chi connectivity index (χ1v) is 8.75. The van der Waals surface area contributed by atoms with Gasteiger partial charge in [0.15, 0.2) is 12.4 Å². The molecule has 3 rings (SSSR count). The first-order valence-electron chi connectivity index (χ1n) is 7.99. The number of benzene rings is 1. The van der Waals surface area contributed by atoms with Crippen LogP contribution in [0.4, 0.5) is 11.5 Å². The summed E-state index contributed by atoms with van der Waals surface area (Å²) in [7, 11) is 0. The average molecular weight is 412 g/mol. The van der Waals surface area contributed by atoms with Gasteiger partial charge in [0.05, 0.1) is 21.7 Å². The van der Waals surface area contributed by atoms with Gasteiger partial charge in [-0.25, -0.2) is 0 Å². The molecule has 1 saturated heterocycles.